The van der Waals surface area contributed by atoms with Gasteiger partial charge in [-0.2, -0.15) is 0 Å². The van der Waals surface area contributed by atoms with Crippen LogP contribution in [0, 0.1) is 6.92 Å². The molecule has 0 spiro atoms. The number of benzene rings is 2. The van der Waals surface area contributed by atoms with Gasteiger partial charge in [0, 0.05) is 31.4 Å². The fourth-order valence-corrected chi connectivity index (χ4v) is 4.15. The molecule has 1 aliphatic heterocycles. The van der Waals surface area contributed by atoms with Crippen molar-refractivity contribution >= 4 is 28.5 Å². The lowest BCUT2D eigenvalue weighted by molar-refractivity contribution is 0.0277. The zero-order valence-electron chi connectivity index (χ0n) is 19.3. The Hall–Kier alpha value is -3.82. The summed E-state index contributed by atoms with van der Waals surface area (Å²) >= 11 is 0. The molecule has 9 nitrogen and oxygen atoms in total. The first kappa shape index (κ1) is 22.0. The summed E-state index contributed by atoms with van der Waals surface area (Å²) in [5, 5.41) is 6.56. The first-order valence-electron chi connectivity index (χ1n) is 11.1. The van der Waals surface area contributed by atoms with E-state index in [-0.39, 0.29) is 11.8 Å². The molecule has 1 unspecified atom stereocenters. The molecule has 0 amide bonds. The third-order valence-corrected chi connectivity index (χ3v) is 5.93. The van der Waals surface area contributed by atoms with Crippen molar-refractivity contribution in [2.45, 2.75) is 13.0 Å². The largest absolute Gasteiger partial charge is 0.464 e. The third kappa shape index (κ3) is 4.11. The molecule has 34 heavy (non-hydrogen) atoms. The van der Waals surface area contributed by atoms with Crippen molar-refractivity contribution in [1.82, 2.24) is 24.8 Å². The van der Waals surface area contributed by atoms with Crippen LogP contribution >= 0.6 is 0 Å². The summed E-state index contributed by atoms with van der Waals surface area (Å²) < 4.78 is 12.8. The number of hydrogen-bond donors (Lipinski definition) is 2. The molecule has 1 fully saturated rings. The highest BCUT2D eigenvalue weighted by atomic mass is 16.5. The minimum absolute atomic E-state index is 0.0315. The normalized spacial score (nSPS) is 15.9. The second-order valence-electron chi connectivity index (χ2n) is 8.19. The summed E-state index contributed by atoms with van der Waals surface area (Å²) in [7, 11) is 3.27. The van der Waals surface area contributed by atoms with E-state index in [1.807, 2.05) is 61.0 Å². The number of fused-ring (bicyclic) bond motifs is 1. The lowest BCUT2D eigenvalue weighted by atomic mass is 10.1. The molecule has 2 N–H and O–H groups in total. The molecular weight excluding hydrogens is 432 g/mol. The summed E-state index contributed by atoms with van der Waals surface area (Å²) in [5.41, 5.74) is 5.83. The number of ether oxygens (including phenoxy) is 2. The molecule has 0 bridgehead atoms. The van der Waals surface area contributed by atoms with Gasteiger partial charge in [0.15, 0.2) is 11.5 Å². The number of methoxy groups -OCH3 is 1. The Morgan fingerprint density at radius 1 is 1.21 bits per heavy atom. The van der Waals surface area contributed by atoms with Gasteiger partial charge in [0.1, 0.15) is 0 Å². The fourth-order valence-electron chi connectivity index (χ4n) is 4.15. The predicted molar refractivity (Wildman–Crippen MR) is 129 cm³/mol. The van der Waals surface area contributed by atoms with Crippen molar-refractivity contribution in [3.8, 4) is 11.3 Å². The van der Waals surface area contributed by atoms with E-state index in [1.54, 1.807) is 6.33 Å². The number of hydrogen-bond acceptors (Lipinski definition) is 8. The summed E-state index contributed by atoms with van der Waals surface area (Å²) in [6, 6.07) is 13.8. The van der Waals surface area contributed by atoms with E-state index >= 15 is 0 Å². The minimum Gasteiger partial charge on any atom is -0.464 e. The third-order valence-electron chi connectivity index (χ3n) is 5.93. The monoisotopic (exact) mass is 458 g/mol. The zero-order valence-corrected chi connectivity index (χ0v) is 19.3. The van der Waals surface area contributed by atoms with Crippen molar-refractivity contribution in [2.24, 2.45) is 7.05 Å². The first-order chi connectivity index (χ1) is 16.5. The molecule has 174 valence electrons. The number of anilines is 2. The van der Waals surface area contributed by atoms with Crippen molar-refractivity contribution in [3.05, 3.63) is 65.7 Å². The van der Waals surface area contributed by atoms with Gasteiger partial charge in [0.2, 0.25) is 0 Å². The molecule has 3 heterocycles. The van der Waals surface area contributed by atoms with Gasteiger partial charge in [0.05, 0.1) is 48.6 Å². The van der Waals surface area contributed by atoms with E-state index in [1.165, 1.54) is 7.11 Å². The summed E-state index contributed by atoms with van der Waals surface area (Å²) in [5.74, 6) is -0.229. The summed E-state index contributed by atoms with van der Waals surface area (Å²) in [6.45, 7) is 4.22. The van der Waals surface area contributed by atoms with Gasteiger partial charge in [-0.1, -0.05) is 24.3 Å². The second-order valence-corrected chi connectivity index (χ2v) is 8.19. The van der Waals surface area contributed by atoms with Gasteiger partial charge in [-0.15, -0.1) is 0 Å². The predicted octanol–water partition coefficient (Wildman–Crippen LogP) is 3.53. The van der Waals surface area contributed by atoms with Crippen LogP contribution in [0.3, 0.4) is 0 Å². The number of carbonyl (C=O) groups excluding carboxylic acids is 1. The summed E-state index contributed by atoms with van der Waals surface area (Å²) in [4.78, 5) is 26.5. The number of rotatable bonds is 5. The zero-order chi connectivity index (χ0) is 23.7. The molecule has 1 aliphatic rings. The van der Waals surface area contributed by atoms with Gasteiger partial charge < -0.3 is 24.7 Å². The van der Waals surface area contributed by atoms with Gasteiger partial charge in [-0.25, -0.2) is 19.7 Å². The molecule has 0 aliphatic carbocycles. The molecule has 0 radical (unpaired) electrons. The molecule has 4 aromatic rings. The maximum absolute atomic E-state index is 12.6. The number of imidazole rings is 1. The van der Waals surface area contributed by atoms with E-state index in [2.05, 4.69) is 20.6 Å². The highest BCUT2D eigenvalue weighted by molar-refractivity contribution is 5.96. The molecule has 0 saturated carbocycles. The molecule has 2 aromatic carbocycles. The number of para-hydroxylation sites is 1. The van der Waals surface area contributed by atoms with E-state index in [9.17, 15) is 4.79 Å². The lowest BCUT2D eigenvalue weighted by Crippen LogP contribution is -2.33. The van der Waals surface area contributed by atoms with Crippen molar-refractivity contribution in [1.29, 1.82) is 0 Å². The molecule has 5 rings (SSSR count). The molecule has 1 atom stereocenters. The van der Waals surface area contributed by atoms with Crippen LogP contribution < -0.4 is 10.6 Å². The lowest BCUT2D eigenvalue weighted by Gasteiger charge is -2.24. The Kier molecular flexibility index (Phi) is 5.95. The molecule has 2 aromatic heterocycles. The van der Waals surface area contributed by atoms with Gasteiger partial charge in [0.25, 0.3) is 0 Å². The van der Waals surface area contributed by atoms with Crippen LogP contribution in [0.25, 0.3) is 22.3 Å². The van der Waals surface area contributed by atoms with Crippen molar-refractivity contribution in [3.63, 3.8) is 0 Å². The number of aromatic nitrogens is 4. The number of carbonyl (C=O) groups is 1. The van der Waals surface area contributed by atoms with Crippen LogP contribution in [0.5, 0.6) is 0 Å². The average molecular weight is 459 g/mol. The fraction of sp³-hybridized carbons (Fsp3) is 0.280. The molecule has 9 heteroatoms. The number of esters is 1. The topological polar surface area (TPSA) is 103 Å². The van der Waals surface area contributed by atoms with Crippen LogP contribution in [0.4, 0.5) is 11.5 Å². The maximum Gasteiger partial charge on any atom is 0.360 e. The van der Waals surface area contributed by atoms with Crippen molar-refractivity contribution in [2.75, 3.05) is 32.1 Å². The number of aryl methyl sites for hydroxylation is 2. The highest BCUT2D eigenvalue weighted by Crippen LogP contribution is 2.31. The smallest absolute Gasteiger partial charge is 0.360 e. The minimum atomic E-state index is -0.567. The Morgan fingerprint density at radius 3 is 2.76 bits per heavy atom. The Morgan fingerprint density at radius 2 is 2.03 bits per heavy atom. The second kappa shape index (κ2) is 9.20. The van der Waals surface area contributed by atoms with Crippen LogP contribution in [0.15, 0.2) is 48.8 Å². The van der Waals surface area contributed by atoms with Crippen LogP contribution in [0.2, 0.25) is 0 Å². The van der Waals surface area contributed by atoms with E-state index in [4.69, 9.17) is 14.5 Å². The Labute approximate surface area is 197 Å². The van der Waals surface area contributed by atoms with Gasteiger partial charge in [-0.05, 0) is 30.7 Å². The van der Waals surface area contributed by atoms with Crippen LogP contribution in [-0.2, 0) is 16.5 Å². The van der Waals surface area contributed by atoms with E-state index in [0.717, 1.165) is 40.9 Å². The Bertz CT molecular complexity index is 1340. The quantitative estimate of drug-likeness (QED) is 0.438. The molecule has 1 saturated heterocycles. The first-order valence-corrected chi connectivity index (χ1v) is 11.1. The number of morpholine rings is 1. The number of nitrogens with zero attached hydrogens (tertiary/aromatic N) is 4. The Balaban J connectivity index is 1.50. The van der Waals surface area contributed by atoms with Crippen molar-refractivity contribution < 1.29 is 14.3 Å². The van der Waals surface area contributed by atoms with E-state index in [0.29, 0.717) is 23.8 Å². The summed E-state index contributed by atoms with van der Waals surface area (Å²) in [6.07, 6.45) is 1.79. The number of nitrogens with one attached hydrogen (secondary N) is 2. The maximum atomic E-state index is 12.6. The van der Waals surface area contributed by atoms with Crippen LogP contribution in [0.1, 0.15) is 27.8 Å². The SMILES string of the molecule is COC(=O)c1nc(-c2cccc3c2ncn3C)c(C)nc1Nc1ccc(C2CNCCO2)cc1. The van der Waals surface area contributed by atoms with E-state index < -0.39 is 5.97 Å². The highest BCUT2D eigenvalue weighted by Gasteiger charge is 2.22. The average Bonchev–Trinajstić information content (AvgIpc) is 3.26. The van der Waals surface area contributed by atoms with Crippen LogP contribution in [-0.4, -0.2) is 52.3 Å². The van der Waals surface area contributed by atoms with Gasteiger partial charge >= 0.3 is 5.97 Å². The van der Waals surface area contributed by atoms with Gasteiger partial charge in [-0.3, -0.25) is 0 Å². The molecular formula is C25H26N6O3. The standard InChI is InChI=1S/C25H26N6O3/c1-15-21(18-5-4-6-19-22(18)27-14-31(19)2)30-23(25(32)33-3)24(28-15)29-17-9-7-16(8-10-17)20-13-26-11-12-34-20/h4-10,14,20,26H,11-13H2,1-3H3,(H,28,29).